The van der Waals surface area contributed by atoms with Crippen molar-refractivity contribution in [3.8, 4) is 6.07 Å². The number of oxazole rings is 1. The highest BCUT2D eigenvalue weighted by molar-refractivity contribution is 9.10. The van der Waals surface area contributed by atoms with Crippen LogP contribution in [0.2, 0.25) is 0 Å². The standard InChI is InChI=1S/C14H13BrN4O2/c15-8-2-1-3-10-12(8)18-11(21-10)6-9(17)13(20)19-14(7-16)4-5-14/h1-3,9H,4-6,17H2,(H,19,20)/t9-/m0/s1. The Morgan fingerprint density at radius 1 is 1.62 bits per heavy atom. The third-order valence-electron chi connectivity index (χ3n) is 3.47. The summed E-state index contributed by atoms with van der Waals surface area (Å²) in [5.74, 6) is 0.0525. The van der Waals surface area contributed by atoms with Crippen molar-refractivity contribution in [1.29, 1.82) is 5.26 Å². The van der Waals surface area contributed by atoms with Gasteiger partial charge in [0.15, 0.2) is 11.5 Å². The minimum Gasteiger partial charge on any atom is -0.441 e. The average molecular weight is 349 g/mol. The van der Waals surface area contributed by atoms with Crippen LogP contribution in [0.25, 0.3) is 11.1 Å². The summed E-state index contributed by atoms with van der Waals surface area (Å²) in [7, 11) is 0. The van der Waals surface area contributed by atoms with Crippen molar-refractivity contribution in [3.05, 3.63) is 28.6 Å². The van der Waals surface area contributed by atoms with Gasteiger partial charge >= 0.3 is 0 Å². The van der Waals surface area contributed by atoms with Gasteiger partial charge in [0, 0.05) is 10.9 Å². The molecule has 1 atom stereocenters. The lowest BCUT2D eigenvalue weighted by Crippen LogP contribution is -2.47. The van der Waals surface area contributed by atoms with Crippen molar-refractivity contribution < 1.29 is 9.21 Å². The van der Waals surface area contributed by atoms with Gasteiger partial charge in [0.05, 0.1) is 12.1 Å². The fourth-order valence-corrected chi connectivity index (χ4v) is 2.48. The molecule has 0 bridgehead atoms. The minimum absolute atomic E-state index is 0.189. The molecule has 7 heteroatoms. The number of fused-ring (bicyclic) bond motifs is 1. The van der Waals surface area contributed by atoms with Crippen molar-refractivity contribution in [3.63, 3.8) is 0 Å². The van der Waals surface area contributed by atoms with Gasteiger partial charge in [-0.15, -0.1) is 0 Å². The molecule has 0 radical (unpaired) electrons. The van der Waals surface area contributed by atoms with Gasteiger partial charge in [-0.2, -0.15) is 5.26 Å². The van der Waals surface area contributed by atoms with Gasteiger partial charge in [0.25, 0.3) is 0 Å². The number of carbonyl (C=O) groups excluding carboxylic acids is 1. The lowest BCUT2D eigenvalue weighted by atomic mass is 10.2. The molecule has 3 rings (SSSR count). The average Bonchev–Trinajstić information content (AvgIpc) is 3.10. The number of amides is 1. The van der Waals surface area contributed by atoms with Crippen LogP contribution in [0.1, 0.15) is 18.7 Å². The predicted molar refractivity (Wildman–Crippen MR) is 79.1 cm³/mol. The zero-order chi connectivity index (χ0) is 15.0. The molecule has 0 aliphatic heterocycles. The third-order valence-corrected chi connectivity index (χ3v) is 4.11. The Labute approximate surface area is 129 Å². The second kappa shape index (κ2) is 5.13. The van der Waals surface area contributed by atoms with Crippen molar-refractivity contribution >= 4 is 32.9 Å². The van der Waals surface area contributed by atoms with Gasteiger partial charge in [-0.1, -0.05) is 6.07 Å². The number of hydrogen-bond acceptors (Lipinski definition) is 5. The van der Waals surface area contributed by atoms with E-state index in [9.17, 15) is 4.79 Å². The fraction of sp³-hybridized carbons (Fsp3) is 0.357. The number of benzene rings is 1. The molecule has 1 aromatic carbocycles. The highest BCUT2D eigenvalue weighted by Gasteiger charge is 2.45. The fourth-order valence-electron chi connectivity index (χ4n) is 2.05. The smallest absolute Gasteiger partial charge is 0.238 e. The maximum Gasteiger partial charge on any atom is 0.238 e. The molecule has 1 saturated carbocycles. The van der Waals surface area contributed by atoms with Crippen LogP contribution in [0.3, 0.4) is 0 Å². The number of para-hydroxylation sites is 1. The zero-order valence-electron chi connectivity index (χ0n) is 11.1. The van der Waals surface area contributed by atoms with E-state index in [1.165, 1.54) is 0 Å². The second-order valence-electron chi connectivity index (χ2n) is 5.19. The van der Waals surface area contributed by atoms with Gasteiger partial charge < -0.3 is 15.5 Å². The molecule has 1 aliphatic rings. The zero-order valence-corrected chi connectivity index (χ0v) is 12.7. The van der Waals surface area contributed by atoms with Crippen LogP contribution in [0.4, 0.5) is 0 Å². The maximum atomic E-state index is 12.0. The molecule has 3 N–H and O–H groups in total. The molecule has 0 unspecified atom stereocenters. The van der Waals surface area contributed by atoms with E-state index in [2.05, 4.69) is 32.3 Å². The first-order valence-electron chi connectivity index (χ1n) is 6.56. The molecule has 108 valence electrons. The van der Waals surface area contributed by atoms with Crippen LogP contribution < -0.4 is 11.1 Å². The lowest BCUT2D eigenvalue weighted by Gasteiger charge is -2.13. The molecule has 1 amide bonds. The summed E-state index contributed by atoms with van der Waals surface area (Å²) in [5.41, 5.74) is 6.50. The molecule has 1 heterocycles. The highest BCUT2D eigenvalue weighted by atomic mass is 79.9. The third kappa shape index (κ3) is 2.77. The van der Waals surface area contributed by atoms with E-state index in [-0.39, 0.29) is 12.3 Å². The SMILES string of the molecule is N#CC1(NC(=O)[C@@H](N)Cc2nc3c(Br)cccc3o2)CC1. The van der Waals surface area contributed by atoms with Crippen LogP contribution >= 0.6 is 15.9 Å². The van der Waals surface area contributed by atoms with Gasteiger partial charge in [-0.05, 0) is 40.9 Å². The number of nitrogens with one attached hydrogen (secondary N) is 1. The van der Waals surface area contributed by atoms with E-state index in [1.54, 1.807) is 6.07 Å². The van der Waals surface area contributed by atoms with Gasteiger partial charge in [0.2, 0.25) is 5.91 Å². The summed E-state index contributed by atoms with van der Waals surface area (Å²) in [6.07, 6.45) is 1.55. The van der Waals surface area contributed by atoms with Gasteiger partial charge in [0.1, 0.15) is 11.1 Å². The summed E-state index contributed by atoms with van der Waals surface area (Å²) in [4.78, 5) is 16.3. The maximum absolute atomic E-state index is 12.0. The number of carbonyl (C=O) groups is 1. The number of rotatable bonds is 4. The van der Waals surface area contributed by atoms with Crippen molar-refractivity contribution in [1.82, 2.24) is 10.3 Å². The molecular weight excluding hydrogens is 336 g/mol. The molecule has 1 aliphatic carbocycles. The molecular formula is C14H13BrN4O2. The molecule has 0 spiro atoms. The van der Waals surface area contributed by atoms with E-state index in [0.717, 1.165) is 4.47 Å². The molecule has 2 aromatic rings. The second-order valence-corrected chi connectivity index (χ2v) is 6.04. The Kier molecular flexibility index (Phi) is 3.43. The summed E-state index contributed by atoms with van der Waals surface area (Å²) in [6.45, 7) is 0. The molecule has 1 fully saturated rings. The monoisotopic (exact) mass is 348 g/mol. The van der Waals surface area contributed by atoms with E-state index in [1.807, 2.05) is 12.1 Å². The van der Waals surface area contributed by atoms with E-state index in [4.69, 9.17) is 15.4 Å². The Hall–Kier alpha value is -1.91. The number of nitrogens with zero attached hydrogens (tertiary/aromatic N) is 2. The number of aromatic nitrogens is 1. The van der Waals surface area contributed by atoms with Gasteiger partial charge in [-0.3, -0.25) is 4.79 Å². The lowest BCUT2D eigenvalue weighted by molar-refractivity contribution is -0.123. The number of nitriles is 1. The molecule has 21 heavy (non-hydrogen) atoms. The minimum atomic E-state index is -0.789. The van der Waals surface area contributed by atoms with Crippen molar-refractivity contribution in [2.75, 3.05) is 0 Å². The Morgan fingerprint density at radius 3 is 3.00 bits per heavy atom. The first-order valence-corrected chi connectivity index (χ1v) is 7.35. The Balaban J connectivity index is 1.71. The van der Waals surface area contributed by atoms with Crippen LogP contribution in [0.5, 0.6) is 0 Å². The Bertz CT molecular complexity index is 745. The van der Waals surface area contributed by atoms with Crippen LogP contribution in [0, 0.1) is 11.3 Å². The van der Waals surface area contributed by atoms with E-state index >= 15 is 0 Å². The summed E-state index contributed by atoms with van der Waals surface area (Å²) < 4.78 is 6.40. The number of nitrogens with two attached hydrogens (primary N) is 1. The highest BCUT2D eigenvalue weighted by Crippen LogP contribution is 2.34. The first kappa shape index (κ1) is 14.0. The van der Waals surface area contributed by atoms with E-state index < -0.39 is 11.6 Å². The largest absolute Gasteiger partial charge is 0.441 e. The number of hydrogen-bond donors (Lipinski definition) is 2. The van der Waals surface area contributed by atoms with Crippen LogP contribution in [-0.4, -0.2) is 22.5 Å². The summed E-state index contributed by atoms with van der Waals surface area (Å²) >= 11 is 3.39. The van der Waals surface area contributed by atoms with Crippen molar-refractivity contribution in [2.45, 2.75) is 30.8 Å². The van der Waals surface area contributed by atoms with Gasteiger partial charge in [-0.25, -0.2) is 4.98 Å². The molecule has 6 nitrogen and oxygen atoms in total. The first-order chi connectivity index (χ1) is 10.0. The number of halogens is 1. The van der Waals surface area contributed by atoms with Crippen LogP contribution in [0.15, 0.2) is 27.1 Å². The Morgan fingerprint density at radius 2 is 2.38 bits per heavy atom. The van der Waals surface area contributed by atoms with Crippen LogP contribution in [-0.2, 0) is 11.2 Å². The quantitative estimate of drug-likeness (QED) is 0.873. The normalized spacial score (nSPS) is 17.2. The summed E-state index contributed by atoms with van der Waals surface area (Å²) in [5, 5.41) is 11.6. The van der Waals surface area contributed by atoms with E-state index in [0.29, 0.717) is 29.8 Å². The molecule has 0 saturated heterocycles. The topological polar surface area (TPSA) is 105 Å². The molecule has 1 aromatic heterocycles. The summed E-state index contributed by atoms with van der Waals surface area (Å²) in [6, 6.07) is 6.82. The van der Waals surface area contributed by atoms with Crippen molar-refractivity contribution in [2.24, 2.45) is 5.73 Å². The predicted octanol–water partition coefficient (Wildman–Crippen LogP) is 1.63.